The number of hydrogen-bond donors (Lipinski definition) is 1. The second kappa shape index (κ2) is 6.05. The summed E-state index contributed by atoms with van der Waals surface area (Å²) in [6, 6.07) is 8.58. The molecule has 2 nitrogen and oxygen atoms in total. The van der Waals surface area contributed by atoms with Crippen LogP contribution in [-0.2, 0) is 0 Å². The number of aliphatic hydroxyl groups is 1. The van der Waals surface area contributed by atoms with Crippen molar-refractivity contribution >= 4 is 11.6 Å². The standard InChI is InChI=1S/C15H22ClNO/c1-11(12-7-9-13(16)10-8-12)17(2)14-5-3-4-6-15(14)18/h7-11,14-15,18H,3-6H2,1-2H3. The van der Waals surface area contributed by atoms with Crippen LogP contribution in [0.25, 0.3) is 0 Å². The van der Waals surface area contributed by atoms with E-state index in [0.29, 0.717) is 6.04 Å². The maximum absolute atomic E-state index is 10.1. The lowest BCUT2D eigenvalue weighted by Gasteiger charge is -2.38. The van der Waals surface area contributed by atoms with Crippen LogP contribution in [0.5, 0.6) is 0 Å². The molecule has 0 saturated heterocycles. The van der Waals surface area contributed by atoms with Crippen molar-refractivity contribution in [3.8, 4) is 0 Å². The summed E-state index contributed by atoms with van der Waals surface area (Å²) in [5.74, 6) is 0. The van der Waals surface area contributed by atoms with Crippen molar-refractivity contribution in [3.63, 3.8) is 0 Å². The summed E-state index contributed by atoms with van der Waals surface area (Å²) in [4.78, 5) is 2.30. The van der Waals surface area contributed by atoms with Crippen LogP contribution in [0.3, 0.4) is 0 Å². The fraction of sp³-hybridized carbons (Fsp3) is 0.600. The highest BCUT2D eigenvalue weighted by molar-refractivity contribution is 6.30. The van der Waals surface area contributed by atoms with Crippen LogP contribution in [0.15, 0.2) is 24.3 Å². The van der Waals surface area contributed by atoms with E-state index in [-0.39, 0.29) is 12.1 Å². The molecular formula is C15H22ClNO. The molecule has 18 heavy (non-hydrogen) atoms. The lowest BCUT2D eigenvalue weighted by molar-refractivity contribution is 0.0155. The van der Waals surface area contributed by atoms with Gasteiger partial charge in [-0.15, -0.1) is 0 Å². The van der Waals surface area contributed by atoms with E-state index in [0.717, 1.165) is 24.3 Å². The number of nitrogens with zero attached hydrogens (tertiary/aromatic N) is 1. The topological polar surface area (TPSA) is 23.5 Å². The minimum atomic E-state index is -0.182. The Balaban J connectivity index is 2.07. The van der Waals surface area contributed by atoms with Gasteiger partial charge in [-0.3, -0.25) is 4.90 Å². The quantitative estimate of drug-likeness (QED) is 0.904. The zero-order chi connectivity index (χ0) is 13.1. The molecule has 2 rings (SSSR count). The summed E-state index contributed by atoms with van der Waals surface area (Å²) in [7, 11) is 2.11. The van der Waals surface area contributed by atoms with E-state index in [1.165, 1.54) is 12.0 Å². The summed E-state index contributed by atoms with van der Waals surface area (Å²) >= 11 is 5.91. The molecule has 0 aromatic heterocycles. The Kier molecular flexibility index (Phi) is 4.66. The first-order valence-corrected chi connectivity index (χ1v) is 7.13. The molecule has 0 spiro atoms. The molecule has 0 aliphatic heterocycles. The highest BCUT2D eigenvalue weighted by atomic mass is 35.5. The van der Waals surface area contributed by atoms with E-state index in [4.69, 9.17) is 11.6 Å². The minimum Gasteiger partial charge on any atom is -0.391 e. The minimum absolute atomic E-state index is 0.182. The monoisotopic (exact) mass is 267 g/mol. The first kappa shape index (κ1) is 13.9. The molecule has 0 bridgehead atoms. The van der Waals surface area contributed by atoms with Gasteiger partial charge in [0, 0.05) is 17.1 Å². The van der Waals surface area contributed by atoms with Gasteiger partial charge >= 0.3 is 0 Å². The molecular weight excluding hydrogens is 246 g/mol. The average molecular weight is 268 g/mol. The predicted octanol–water partition coefficient (Wildman–Crippen LogP) is 3.64. The zero-order valence-electron chi connectivity index (χ0n) is 11.1. The molecule has 1 aromatic rings. The molecule has 100 valence electrons. The Morgan fingerprint density at radius 3 is 2.44 bits per heavy atom. The van der Waals surface area contributed by atoms with E-state index < -0.39 is 0 Å². The summed E-state index contributed by atoms with van der Waals surface area (Å²) in [5, 5.41) is 10.9. The molecule has 3 heteroatoms. The van der Waals surface area contributed by atoms with Gasteiger partial charge < -0.3 is 5.11 Å². The molecule has 1 saturated carbocycles. The van der Waals surface area contributed by atoms with Crippen molar-refractivity contribution in [3.05, 3.63) is 34.9 Å². The van der Waals surface area contributed by atoms with E-state index >= 15 is 0 Å². The normalized spacial score (nSPS) is 26.3. The maximum atomic E-state index is 10.1. The lowest BCUT2D eigenvalue weighted by atomic mass is 9.90. The Morgan fingerprint density at radius 1 is 1.22 bits per heavy atom. The van der Waals surface area contributed by atoms with Crippen molar-refractivity contribution in [2.45, 2.75) is 50.8 Å². The van der Waals surface area contributed by atoms with E-state index in [9.17, 15) is 5.11 Å². The van der Waals surface area contributed by atoms with Gasteiger partial charge in [-0.25, -0.2) is 0 Å². The SMILES string of the molecule is CC(c1ccc(Cl)cc1)N(C)C1CCCCC1O. The number of rotatable bonds is 3. The van der Waals surface area contributed by atoms with Crippen LogP contribution in [0.4, 0.5) is 0 Å². The fourth-order valence-corrected chi connectivity index (χ4v) is 2.96. The van der Waals surface area contributed by atoms with Crippen molar-refractivity contribution in [2.24, 2.45) is 0 Å². The van der Waals surface area contributed by atoms with E-state index in [1.54, 1.807) is 0 Å². The summed E-state index contributed by atoms with van der Waals surface area (Å²) in [5.41, 5.74) is 1.25. The van der Waals surface area contributed by atoms with Gasteiger partial charge in [0.1, 0.15) is 0 Å². The molecule has 0 radical (unpaired) electrons. The van der Waals surface area contributed by atoms with Gasteiger partial charge in [0.05, 0.1) is 6.10 Å². The van der Waals surface area contributed by atoms with Gasteiger partial charge in [0.15, 0.2) is 0 Å². The Labute approximate surface area is 115 Å². The second-order valence-electron chi connectivity index (χ2n) is 5.31. The molecule has 1 N–H and O–H groups in total. The molecule has 1 aromatic carbocycles. The Bertz CT molecular complexity index is 379. The molecule has 0 heterocycles. The number of hydrogen-bond acceptors (Lipinski definition) is 2. The van der Waals surface area contributed by atoms with Crippen LogP contribution in [0, 0.1) is 0 Å². The van der Waals surface area contributed by atoms with Crippen LogP contribution in [0.1, 0.15) is 44.2 Å². The molecule has 1 fully saturated rings. The molecule has 0 amide bonds. The second-order valence-corrected chi connectivity index (χ2v) is 5.75. The summed E-state index contributed by atoms with van der Waals surface area (Å²) in [6.45, 7) is 2.19. The number of aliphatic hydroxyl groups excluding tert-OH is 1. The lowest BCUT2D eigenvalue weighted by Crippen LogP contribution is -2.44. The van der Waals surface area contributed by atoms with E-state index in [2.05, 4.69) is 31.0 Å². The molecule has 3 atom stereocenters. The van der Waals surface area contributed by atoms with Gasteiger partial charge in [-0.2, -0.15) is 0 Å². The number of likely N-dealkylation sites (N-methyl/N-ethyl adjacent to an activating group) is 1. The van der Waals surface area contributed by atoms with Gasteiger partial charge in [-0.1, -0.05) is 36.6 Å². The third-order valence-electron chi connectivity index (χ3n) is 4.18. The van der Waals surface area contributed by atoms with Crippen LogP contribution in [0.2, 0.25) is 5.02 Å². The Morgan fingerprint density at radius 2 is 1.83 bits per heavy atom. The summed E-state index contributed by atoms with van der Waals surface area (Å²) in [6.07, 6.45) is 4.22. The Hall–Kier alpha value is -0.570. The largest absolute Gasteiger partial charge is 0.391 e. The van der Waals surface area contributed by atoms with Crippen molar-refractivity contribution in [1.82, 2.24) is 4.90 Å². The molecule has 1 aliphatic carbocycles. The number of halogens is 1. The van der Waals surface area contributed by atoms with E-state index in [1.807, 2.05) is 12.1 Å². The fourth-order valence-electron chi connectivity index (χ4n) is 2.83. The number of benzene rings is 1. The van der Waals surface area contributed by atoms with Gasteiger partial charge in [-0.05, 0) is 44.5 Å². The van der Waals surface area contributed by atoms with Crippen molar-refractivity contribution < 1.29 is 5.11 Å². The molecule has 1 aliphatic rings. The highest BCUT2D eigenvalue weighted by Crippen LogP contribution is 2.29. The van der Waals surface area contributed by atoms with Crippen LogP contribution >= 0.6 is 11.6 Å². The zero-order valence-corrected chi connectivity index (χ0v) is 11.9. The van der Waals surface area contributed by atoms with Crippen LogP contribution < -0.4 is 0 Å². The summed E-state index contributed by atoms with van der Waals surface area (Å²) < 4.78 is 0. The highest BCUT2D eigenvalue weighted by Gasteiger charge is 2.29. The van der Waals surface area contributed by atoms with Gasteiger partial charge in [0.2, 0.25) is 0 Å². The first-order valence-electron chi connectivity index (χ1n) is 6.75. The maximum Gasteiger partial charge on any atom is 0.0695 e. The van der Waals surface area contributed by atoms with Crippen molar-refractivity contribution in [2.75, 3.05) is 7.05 Å². The van der Waals surface area contributed by atoms with Gasteiger partial charge in [0.25, 0.3) is 0 Å². The van der Waals surface area contributed by atoms with Crippen molar-refractivity contribution in [1.29, 1.82) is 0 Å². The first-order chi connectivity index (χ1) is 8.59. The third kappa shape index (κ3) is 3.05. The molecule has 3 unspecified atom stereocenters. The predicted molar refractivity (Wildman–Crippen MR) is 75.9 cm³/mol. The third-order valence-corrected chi connectivity index (χ3v) is 4.43. The smallest absolute Gasteiger partial charge is 0.0695 e. The van der Waals surface area contributed by atoms with Crippen LogP contribution in [-0.4, -0.2) is 29.2 Å². The average Bonchev–Trinajstić information content (AvgIpc) is 2.38.